The van der Waals surface area contributed by atoms with Crippen molar-refractivity contribution in [2.75, 3.05) is 5.32 Å². The maximum atomic E-state index is 6.08. The molecule has 0 spiro atoms. The van der Waals surface area contributed by atoms with Crippen LogP contribution in [0.15, 0.2) is 59.6 Å². The van der Waals surface area contributed by atoms with Crippen LogP contribution in [0.5, 0.6) is 5.75 Å². The number of nitrogens with one attached hydrogen (secondary N) is 1. The van der Waals surface area contributed by atoms with E-state index >= 15 is 0 Å². The van der Waals surface area contributed by atoms with Crippen LogP contribution in [0.3, 0.4) is 0 Å². The Balaban J connectivity index is 0.00000320. The van der Waals surface area contributed by atoms with Gasteiger partial charge in [0.05, 0.1) is 24.9 Å². The fourth-order valence-electron chi connectivity index (χ4n) is 3.11. The van der Waals surface area contributed by atoms with E-state index in [0.29, 0.717) is 12.5 Å². The summed E-state index contributed by atoms with van der Waals surface area (Å²) in [6.45, 7) is 9.32. The Hall–Kier alpha value is -2.55. The number of aliphatic imine (C=N–C) groups is 1. The molecule has 0 saturated heterocycles. The Morgan fingerprint density at radius 3 is 2.40 bits per heavy atom. The summed E-state index contributed by atoms with van der Waals surface area (Å²) in [4.78, 5) is 4.50. The Bertz CT molecular complexity index is 965. The molecule has 0 aliphatic rings. The van der Waals surface area contributed by atoms with E-state index in [9.17, 15) is 0 Å². The lowest BCUT2D eigenvalue weighted by molar-refractivity contribution is 0.242. The van der Waals surface area contributed by atoms with Crippen LogP contribution in [-0.2, 0) is 13.1 Å². The van der Waals surface area contributed by atoms with Crippen LogP contribution in [0.1, 0.15) is 36.4 Å². The minimum atomic E-state index is 0. The predicted octanol–water partition coefficient (Wildman–Crippen LogP) is 4.88. The van der Waals surface area contributed by atoms with Crippen molar-refractivity contribution in [2.45, 2.75) is 46.9 Å². The number of ether oxygens (including phenoxy) is 1. The van der Waals surface area contributed by atoms with Gasteiger partial charge in [-0.2, -0.15) is 5.10 Å². The van der Waals surface area contributed by atoms with Crippen LogP contribution >= 0.6 is 24.0 Å². The van der Waals surface area contributed by atoms with Crippen LogP contribution in [-0.4, -0.2) is 21.8 Å². The van der Waals surface area contributed by atoms with Crippen molar-refractivity contribution < 1.29 is 4.74 Å². The average Bonchev–Trinajstić information content (AvgIpc) is 2.95. The van der Waals surface area contributed by atoms with Gasteiger partial charge in [-0.1, -0.05) is 30.3 Å². The fraction of sp³-hybridized carbons (Fsp3) is 0.304. The number of nitrogens with zero attached hydrogens (tertiary/aromatic N) is 3. The largest absolute Gasteiger partial charge is 0.491 e. The third-order valence-electron chi connectivity index (χ3n) is 4.61. The molecule has 0 saturated carbocycles. The van der Waals surface area contributed by atoms with Gasteiger partial charge in [-0.05, 0) is 57.5 Å². The molecule has 7 heteroatoms. The maximum absolute atomic E-state index is 6.08. The maximum Gasteiger partial charge on any atom is 0.193 e. The predicted molar refractivity (Wildman–Crippen MR) is 134 cm³/mol. The van der Waals surface area contributed by atoms with Gasteiger partial charge in [0.2, 0.25) is 0 Å². The normalized spacial score (nSPS) is 11.3. The lowest BCUT2D eigenvalue weighted by Gasteiger charge is -2.11. The second-order valence-electron chi connectivity index (χ2n) is 7.31. The van der Waals surface area contributed by atoms with Crippen molar-refractivity contribution in [2.24, 2.45) is 10.7 Å². The third kappa shape index (κ3) is 6.48. The first-order valence-corrected chi connectivity index (χ1v) is 9.83. The van der Waals surface area contributed by atoms with Gasteiger partial charge in [-0.25, -0.2) is 4.99 Å². The molecule has 1 heterocycles. The number of halogens is 1. The molecule has 6 nitrogen and oxygen atoms in total. The SMILES string of the molecule is Cc1nn(Cc2ccccc2)c(C)c1CN=C(N)Nc1ccc(OC(C)C)cc1.I. The highest BCUT2D eigenvalue weighted by molar-refractivity contribution is 14.0. The molecule has 30 heavy (non-hydrogen) atoms. The van der Waals surface area contributed by atoms with Crippen molar-refractivity contribution in [1.29, 1.82) is 0 Å². The Labute approximate surface area is 195 Å². The van der Waals surface area contributed by atoms with Crippen LogP contribution < -0.4 is 15.8 Å². The van der Waals surface area contributed by atoms with E-state index in [0.717, 1.165) is 34.9 Å². The zero-order chi connectivity index (χ0) is 20.8. The number of aryl methyl sites for hydroxylation is 1. The summed E-state index contributed by atoms with van der Waals surface area (Å²) in [7, 11) is 0. The molecule has 0 amide bonds. The summed E-state index contributed by atoms with van der Waals surface area (Å²) in [6, 6.07) is 18.0. The molecule has 0 aliphatic carbocycles. The molecular formula is C23H30IN5O. The molecule has 0 bridgehead atoms. The first kappa shape index (κ1) is 23.7. The zero-order valence-corrected chi connectivity index (χ0v) is 20.3. The monoisotopic (exact) mass is 519 g/mol. The highest BCUT2D eigenvalue weighted by Gasteiger charge is 2.11. The summed E-state index contributed by atoms with van der Waals surface area (Å²) in [5, 5.41) is 7.80. The summed E-state index contributed by atoms with van der Waals surface area (Å²) in [6.07, 6.45) is 0.148. The molecule has 3 rings (SSSR count). The number of rotatable bonds is 7. The number of hydrogen-bond acceptors (Lipinski definition) is 3. The van der Waals surface area contributed by atoms with Crippen LogP contribution in [0.4, 0.5) is 5.69 Å². The van der Waals surface area contributed by atoms with Crippen molar-refractivity contribution >= 4 is 35.6 Å². The molecule has 0 aliphatic heterocycles. The second-order valence-corrected chi connectivity index (χ2v) is 7.31. The molecule has 0 fully saturated rings. The van der Waals surface area contributed by atoms with E-state index in [2.05, 4.69) is 34.5 Å². The summed E-state index contributed by atoms with van der Waals surface area (Å²) in [5.41, 5.74) is 11.4. The van der Waals surface area contributed by atoms with Gasteiger partial charge in [-0.15, -0.1) is 24.0 Å². The molecule has 3 N–H and O–H groups in total. The van der Waals surface area contributed by atoms with Gasteiger partial charge in [0.25, 0.3) is 0 Å². The molecule has 2 aromatic carbocycles. The molecule has 1 aromatic heterocycles. The minimum Gasteiger partial charge on any atom is -0.491 e. The van der Waals surface area contributed by atoms with E-state index in [1.54, 1.807) is 0 Å². The first-order valence-electron chi connectivity index (χ1n) is 9.83. The van der Waals surface area contributed by atoms with Gasteiger partial charge < -0.3 is 15.8 Å². The number of guanidine groups is 1. The Morgan fingerprint density at radius 1 is 1.10 bits per heavy atom. The smallest absolute Gasteiger partial charge is 0.193 e. The van der Waals surface area contributed by atoms with Gasteiger partial charge in [0, 0.05) is 16.9 Å². The fourth-order valence-corrected chi connectivity index (χ4v) is 3.11. The number of nitrogens with two attached hydrogens (primary N) is 1. The highest BCUT2D eigenvalue weighted by Crippen LogP contribution is 2.18. The van der Waals surface area contributed by atoms with E-state index in [-0.39, 0.29) is 30.1 Å². The number of benzene rings is 2. The molecule has 3 aromatic rings. The number of aromatic nitrogens is 2. The van der Waals surface area contributed by atoms with Gasteiger partial charge in [-0.3, -0.25) is 4.68 Å². The standard InChI is InChI=1S/C23H29N5O.HI/c1-16(2)29-21-12-10-20(11-13-21)26-23(24)25-14-22-17(3)27-28(18(22)4)15-19-8-6-5-7-9-19;/h5-13,16H,14-15H2,1-4H3,(H3,24,25,26);1H. The molecule has 0 radical (unpaired) electrons. The Morgan fingerprint density at radius 2 is 1.77 bits per heavy atom. The molecule has 0 unspecified atom stereocenters. The molecular weight excluding hydrogens is 489 g/mol. The van der Waals surface area contributed by atoms with Gasteiger partial charge in [0.15, 0.2) is 5.96 Å². The van der Waals surface area contributed by atoms with Crippen molar-refractivity contribution in [1.82, 2.24) is 9.78 Å². The van der Waals surface area contributed by atoms with E-state index in [4.69, 9.17) is 10.5 Å². The second kappa shape index (κ2) is 11.0. The summed E-state index contributed by atoms with van der Waals surface area (Å²) in [5.74, 6) is 1.20. The molecule has 160 valence electrons. The van der Waals surface area contributed by atoms with Crippen LogP contribution in [0, 0.1) is 13.8 Å². The van der Waals surface area contributed by atoms with Crippen molar-refractivity contribution in [3.05, 3.63) is 77.1 Å². The lowest BCUT2D eigenvalue weighted by atomic mass is 10.2. The van der Waals surface area contributed by atoms with E-state index in [1.165, 1.54) is 5.56 Å². The molecule has 0 atom stereocenters. The highest BCUT2D eigenvalue weighted by atomic mass is 127. The zero-order valence-electron chi connectivity index (χ0n) is 17.9. The average molecular weight is 519 g/mol. The quantitative estimate of drug-likeness (QED) is 0.265. The summed E-state index contributed by atoms with van der Waals surface area (Å²) < 4.78 is 7.67. The van der Waals surface area contributed by atoms with Crippen LogP contribution in [0.2, 0.25) is 0 Å². The van der Waals surface area contributed by atoms with Crippen molar-refractivity contribution in [3.63, 3.8) is 0 Å². The van der Waals surface area contributed by atoms with Gasteiger partial charge in [0.1, 0.15) is 5.75 Å². The van der Waals surface area contributed by atoms with Gasteiger partial charge >= 0.3 is 0 Å². The summed E-state index contributed by atoms with van der Waals surface area (Å²) >= 11 is 0. The van der Waals surface area contributed by atoms with E-state index < -0.39 is 0 Å². The Kier molecular flexibility index (Phi) is 8.71. The third-order valence-corrected chi connectivity index (χ3v) is 4.61. The van der Waals surface area contributed by atoms with Crippen LogP contribution in [0.25, 0.3) is 0 Å². The van der Waals surface area contributed by atoms with E-state index in [1.807, 2.05) is 67.9 Å². The van der Waals surface area contributed by atoms with Crippen molar-refractivity contribution in [3.8, 4) is 5.75 Å². The lowest BCUT2D eigenvalue weighted by Crippen LogP contribution is -2.22. The first-order chi connectivity index (χ1) is 13.9. The minimum absolute atomic E-state index is 0. The number of hydrogen-bond donors (Lipinski definition) is 2. The number of anilines is 1. The topological polar surface area (TPSA) is 77.5 Å².